The quantitative estimate of drug-likeness (QED) is 0.846. The molecule has 1 amide bonds. The summed E-state index contributed by atoms with van der Waals surface area (Å²) in [5.74, 6) is 0.254. The van der Waals surface area contributed by atoms with Gasteiger partial charge in [-0.3, -0.25) is 9.69 Å². The maximum Gasteiger partial charge on any atom is 0.236 e. The van der Waals surface area contributed by atoms with Gasteiger partial charge in [0.25, 0.3) is 0 Å². The number of amides is 1. The minimum Gasteiger partial charge on any atom is -0.389 e. The first-order valence-electron chi connectivity index (χ1n) is 7.76. The number of rotatable bonds is 3. The third-order valence-corrected chi connectivity index (χ3v) is 4.53. The van der Waals surface area contributed by atoms with E-state index in [0.717, 1.165) is 45.2 Å². The van der Waals surface area contributed by atoms with E-state index in [9.17, 15) is 9.90 Å². The van der Waals surface area contributed by atoms with Gasteiger partial charge < -0.3 is 10.0 Å². The summed E-state index contributed by atoms with van der Waals surface area (Å²) in [4.78, 5) is 16.6. The molecule has 2 unspecified atom stereocenters. The zero-order valence-electron chi connectivity index (χ0n) is 12.4. The number of piperidine rings is 2. The predicted octanol–water partition coefficient (Wildman–Crippen LogP) is 1.62. The summed E-state index contributed by atoms with van der Waals surface area (Å²) in [6, 6.07) is 0.437. The Morgan fingerprint density at radius 2 is 2.11 bits per heavy atom. The zero-order valence-corrected chi connectivity index (χ0v) is 12.4. The van der Waals surface area contributed by atoms with Crippen LogP contribution < -0.4 is 0 Å². The van der Waals surface area contributed by atoms with Gasteiger partial charge in [-0.1, -0.05) is 6.92 Å². The van der Waals surface area contributed by atoms with E-state index in [1.165, 1.54) is 6.42 Å². The predicted molar refractivity (Wildman–Crippen MR) is 75.9 cm³/mol. The molecule has 2 saturated heterocycles. The summed E-state index contributed by atoms with van der Waals surface area (Å²) in [6.45, 7) is 7.01. The maximum atomic E-state index is 12.4. The highest BCUT2D eigenvalue weighted by Crippen LogP contribution is 2.22. The van der Waals surface area contributed by atoms with Crippen LogP contribution in [-0.2, 0) is 4.79 Å². The third kappa shape index (κ3) is 3.93. The number of hydrogen-bond acceptors (Lipinski definition) is 3. The van der Waals surface area contributed by atoms with Crippen LogP contribution in [0.15, 0.2) is 0 Å². The van der Waals surface area contributed by atoms with Crippen molar-refractivity contribution < 1.29 is 9.90 Å². The van der Waals surface area contributed by atoms with E-state index in [1.807, 2.05) is 6.92 Å². The highest BCUT2D eigenvalue weighted by atomic mass is 16.3. The molecule has 2 aliphatic rings. The summed E-state index contributed by atoms with van der Waals surface area (Å²) >= 11 is 0. The van der Waals surface area contributed by atoms with Crippen LogP contribution in [0.4, 0.5) is 0 Å². The second-order valence-electron chi connectivity index (χ2n) is 6.46. The van der Waals surface area contributed by atoms with Crippen molar-refractivity contribution in [3.05, 3.63) is 0 Å². The lowest BCUT2D eigenvalue weighted by molar-refractivity contribution is -0.137. The molecule has 0 aliphatic carbocycles. The lowest BCUT2D eigenvalue weighted by Crippen LogP contribution is -2.52. The molecular formula is C15H28N2O2. The maximum absolute atomic E-state index is 12.4. The normalized spacial score (nSPS) is 33.4. The van der Waals surface area contributed by atoms with Gasteiger partial charge in [0.1, 0.15) is 0 Å². The Kier molecular flexibility index (Phi) is 4.85. The van der Waals surface area contributed by atoms with Gasteiger partial charge in [0, 0.05) is 19.1 Å². The number of carbonyl (C=O) groups is 1. The van der Waals surface area contributed by atoms with Gasteiger partial charge in [-0.2, -0.15) is 0 Å². The van der Waals surface area contributed by atoms with Crippen molar-refractivity contribution in [3.8, 4) is 0 Å². The van der Waals surface area contributed by atoms with Crippen LogP contribution >= 0.6 is 0 Å². The highest BCUT2D eigenvalue weighted by molar-refractivity contribution is 5.78. The monoisotopic (exact) mass is 268 g/mol. The second-order valence-corrected chi connectivity index (χ2v) is 6.46. The molecule has 0 radical (unpaired) electrons. The van der Waals surface area contributed by atoms with E-state index < -0.39 is 5.60 Å². The van der Waals surface area contributed by atoms with Crippen molar-refractivity contribution in [3.63, 3.8) is 0 Å². The number of aliphatic hydroxyl groups is 1. The first-order valence-corrected chi connectivity index (χ1v) is 7.76. The van der Waals surface area contributed by atoms with Gasteiger partial charge in [0.2, 0.25) is 5.91 Å². The first kappa shape index (κ1) is 14.8. The van der Waals surface area contributed by atoms with Crippen molar-refractivity contribution in [1.29, 1.82) is 0 Å². The standard InChI is InChI=1S/C15H28N2O2/c1-3-13-7-4-5-10-17(13)14(18)11-16-9-6-8-15(2,19)12-16/h13,19H,3-12H2,1-2H3. The van der Waals surface area contributed by atoms with Crippen LogP contribution in [0, 0.1) is 0 Å². The Balaban J connectivity index is 1.89. The van der Waals surface area contributed by atoms with E-state index >= 15 is 0 Å². The Labute approximate surface area is 116 Å². The molecule has 0 spiro atoms. The van der Waals surface area contributed by atoms with Gasteiger partial charge in [0.05, 0.1) is 12.1 Å². The molecule has 19 heavy (non-hydrogen) atoms. The molecule has 0 aromatic carbocycles. The fourth-order valence-electron chi connectivity index (χ4n) is 3.49. The largest absolute Gasteiger partial charge is 0.389 e. The van der Waals surface area contributed by atoms with E-state index in [4.69, 9.17) is 0 Å². The van der Waals surface area contributed by atoms with Crippen molar-refractivity contribution in [2.75, 3.05) is 26.2 Å². The number of nitrogens with zero attached hydrogens (tertiary/aromatic N) is 2. The van der Waals surface area contributed by atoms with Crippen LogP contribution in [0.1, 0.15) is 52.4 Å². The molecule has 2 rings (SSSR count). The Morgan fingerprint density at radius 3 is 2.79 bits per heavy atom. The highest BCUT2D eigenvalue weighted by Gasteiger charge is 2.31. The number of likely N-dealkylation sites (tertiary alicyclic amines) is 2. The molecule has 110 valence electrons. The van der Waals surface area contributed by atoms with Crippen LogP contribution in [0.2, 0.25) is 0 Å². The van der Waals surface area contributed by atoms with Crippen molar-refractivity contribution in [2.24, 2.45) is 0 Å². The summed E-state index contributed by atoms with van der Waals surface area (Å²) in [6.07, 6.45) is 6.43. The van der Waals surface area contributed by atoms with Gasteiger partial charge in [0.15, 0.2) is 0 Å². The molecule has 0 aromatic heterocycles. The van der Waals surface area contributed by atoms with Gasteiger partial charge in [-0.05, 0) is 52.0 Å². The molecule has 4 heteroatoms. The van der Waals surface area contributed by atoms with Crippen molar-refractivity contribution >= 4 is 5.91 Å². The SMILES string of the molecule is CCC1CCCCN1C(=O)CN1CCCC(C)(O)C1. The number of β-amino-alcohol motifs (C(OH)–C–C–N with tert-alkyl or cyclic N) is 1. The summed E-state index contributed by atoms with van der Waals surface area (Å²) < 4.78 is 0. The molecule has 4 nitrogen and oxygen atoms in total. The van der Waals surface area contributed by atoms with E-state index in [-0.39, 0.29) is 5.91 Å². The van der Waals surface area contributed by atoms with E-state index in [0.29, 0.717) is 19.1 Å². The molecule has 2 fully saturated rings. The number of carbonyl (C=O) groups excluding carboxylic acids is 1. The average molecular weight is 268 g/mol. The lowest BCUT2D eigenvalue weighted by Gasteiger charge is -2.40. The van der Waals surface area contributed by atoms with Crippen LogP contribution in [0.5, 0.6) is 0 Å². The number of hydrogen-bond donors (Lipinski definition) is 1. The van der Waals surface area contributed by atoms with E-state index in [2.05, 4.69) is 16.7 Å². The van der Waals surface area contributed by atoms with Crippen LogP contribution in [0.25, 0.3) is 0 Å². The summed E-state index contributed by atoms with van der Waals surface area (Å²) in [7, 11) is 0. The molecule has 2 heterocycles. The third-order valence-electron chi connectivity index (χ3n) is 4.53. The molecule has 2 atom stereocenters. The molecule has 0 bridgehead atoms. The minimum atomic E-state index is -0.620. The average Bonchev–Trinajstić information content (AvgIpc) is 2.37. The van der Waals surface area contributed by atoms with Crippen molar-refractivity contribution in [2.45, 2.75) is 64.0 Å². The topological polar surface area (TPSA) is 43.8 Å². The van der Waals surface area contributed by atoms with Gasteiger partial charge >= 0.3 is 0 Å². The van der Waals surface area contributed by atoms with Crippen LogP contribution in [-0.4, -0.2) is 58.6 Å². The smallest absolute Gasteiger partial charge is 0.236 e. The molecule has 0 aromatic rings. The lowest BCUT2D eigenvalue weighted by atomic mass is 9.95. The van der Waals surface area contributed by atoms with Gasteiger partial charge in [-0.25, -0.2) is 0 Å². The zero-order chi connectivity index (χ0) is 13.9. The summed E-state index contributed by atoms with van der Waals surface area (Å²) in [5, 5.41) is 10.1. The minimum absolute atomic E-state index is 0.254. The molecule has 1 N–H and O–H groups in total. The van der Waals surface area contributed by atoms with Gasteiger partial charge in [-0.15, -0.1) is 0 Å². The van der Waals surface area contributed by atoms with Crippen molar-refractivity contribution in [1.82, 2.24) is 9.80 Å². The Morgan fingerprint density at radius 1 is 1.32 bits per heavy atom. The molecule has 0 saturated carbocycles. The van der Waals surface area contributed by atoms with Crippen LogP contribution in [0.3, 0.4) is 0 Å². The van der Waals surface area contributed by atoms with E-state index in [1.54, 1.807) is 0 Å². The first-order chi connectivity index (χ1) is 9.02. The summed E-state index contributed by atoms with van der Waals surface area (Å²) in [5.41, 5.74) is -0.620. The molecular weight excluding hydrogens is 240 g/mol. The fourth-order valence-corrected chi connectivity index (χ4v) is 3.49. The second kappa shape index (κ2) is 6.23. The Bertz CT molecular complexity index is 317. The Hall–Kier alpha value is -0.610. The fraction of sp³-hybridized carbons (Fsp3) is 0.933. The molecule has 2 aliphatic heterocycles.